The Hall–Kier alpha value is -0.570. The van der Waals surface area contributed by atoms with Gasteiger partial charge in [0, 0.05) is 18.9 Å². The molecule has 0 aliphatic carbocycles. The van der Waals surface area contributed by atoms with Crippen molar-refractivity contribution in [3.05, 3.63) is 0 Å². The minimum Gasteiger partial charge on any atom is -0.463 e. The molecular formula is C13H25NO2. The lowest BCUT2D eigenvalue weighted by Crippen LogP contribution is -2.48. The van der Waals surface area contributed by atoms with Gasteiger partial charge in [0.05, 0.1) is 0 Å². The van der Waals surface area contributed by atoms with Gasteiger partial charge in [-0.1, -0.05) is 6.42 Å². The Bertz CT molecular complexity index is 232. The monoisotopic (exact) mass is 227 g/mol. The van der Waals surface area contributed by atoms with Crippen molar-refractivity contribution in [2.45, 2.75) is 65.0 Å². The van der Waals surface area contributed by atoms with E-state index in [-0.39, 0.29) is 17.6 Å². The Morgan fingerprint density at radius 1 is 1.31 bits per heavy atom. The van der Waals surface area contributed by atoms with Crippen molar-refractivity contribution in [2.75, 3.05) is 13.1 Å². The van der Waals surface area contributed by atoms with Gasteiger partial charge in [-0.15, -0.1) is 0 Å². The summed E-state index contributed by atoms with van der Waals surface area (Å²) in [4.78, 5) is 13.4. The SMILES string of the molecule is CC(=O)O[C@@H](C)CC(C)(C)N1CCCCC1. The van der Waals surface area contributed by atoms with Crippen molar-refractivity contribution >= 4 is 5.97 Å². The molecule has 1 heterocycles. The van der Waals surface area contributed by atoms with Gasteiger partial charge in [0.2, 0.25) is 0 Å². The van der Waals surface area contributed by atoms with Crippen molar-refractivity contribution in [1.82, 2.24) is 4.90 Å². The number of carbonyl (C=O) groups is 1. The van der Waals surface area contributed by atoms with Crippen LogP contribution in [0.1, 0.15) is 53.4 Å². The molecule has 3 nitrogen and oxygen atoms in total. The van der Waals surface area contributed by atoms with E-state index < -0.39 is 0 Å². The first-order valence-electron chi connectivity index (χ1n) is 6.34. The molecule has 0 aromatic carbocycles. The molecule has 1 aliphatic heterocycles. The van der Waals surface area contributed by atoms with Crippen molar-refractivity contribution in [3.63, 3.8) is 0 Å². The topological polar surface area (TPSA) is 29.5 Å². The molecule has 0 N–H and O–H groups in total. The molecule has 0 bridgehead atoms. The lowest BCUT2D eigenvalue weighted by Gasteiger charge is -2.42. The van der Waals surface area contributed by atoms with Crippen LogP contribution in [0.2, 0.25) is 0 Å². The van der Waals surface area contributed by atoms with Gasteiger partial charge in [0.25, 0.3) is 0 Å². The van der Waals surface area contributed by atoms with E-state index in [4.69, 9.17) is 4.74 Å². The van der Waals surface area contributed by atoms with E-state index in [1.54, 1.807) is 0 Å². The summed E-state index contributed by atoms with van der Waals surface area (Å²) in [6.07, 6.45) is 4.87. The van der Waals surface area contributed by atoms with Gasteiger partial charge < -0.3 is 4.74 Å². The molecule has 1 fully saturated rings. The van der Waals surface area contributed by atoms with Gasteiger partial charge in [0.15, 0.2) is 0 Å². The maximum Gasteiger partial charge on any atom is 0.302 e. The predicted molar refractivity (Wildman–Crippen MR) is 65.3 cm³/mol. The van der Waals surface area contributed by atoms with Crippen molar-refractivity contribution in [3.8, 4) is 0 Å². The van der Waals surface area contributed by atoms with Crippen LogP contribution < -0.4 is 0 Å². The Labute approximate surface area is 99.1 Å². The maximum absolute atomic E-state index is 10.9. The maximum atomic E-state index is 10.9. The van der Waals surface area contributed by atoms with E-state index in [1.165, 1.54) is 39.3 Å². The molecular weight excluding hydrogens is 202 g/mol. The van der Waals surface area contributed by atoms with E-state index in [9.17, 15) is 4.79 Å². The summed E-state index contributed by atoms with van der Waals surface area (Å²) in [6.45, 7) is 10.3. The molecule has 0 amide bonds. The van der Waals surface area contributed by atoms with E-state index in [2.05, 4.69) is 18.7 Å². The molecule has 1 rings (SSSR count). The van der Waals surface area contributed by atoms with Crippen LogP contribution >= 0.6 is 0 Å². The number of likely N-dealkylation sites (tertiary alicyclic amines) is 1. The molecule has 1 aliphatic rings. The molecule has 0 saturated carbocycles. The summed E-state index contributed by atoms with van der Waals surface area (Å²) in [6, 6.07) is 0. The molecule has 0 aromatic heterocycles. The minimum absolute atomic E-state index is 0.00873. The van der Waals surface area contributed by atoms with E-state index in [0.29, 0.717) is 0 Å². The number of carbonyl (C=O) groups excluding carboxylic acids is 1. The Morgan fingerprint density at radius 3 is 2.38 bits per heavy atom. The normalized spacial score (nSPS) is 20.5. The van der Waals surface area contributed by atoms with Crippen molar-refractivity contribution in [2.24, 2.45) is 0 Å². The van der Waals surface area contributed by atoms with E-state index in [1.807, 2.05) is 6.92 Å². The second-order valence-corrected chi connectivity index (χ2v) is 5.48. The molecule has 3 heteroatoms. The number of piperidine rings is 1. The number of rotatable bonds is 4. The van der Waals surface area contributed by atoms with Crippen LogP contribution in [0.25, 0.3) is 0 Å². The fraction of sp³-hybridized carbons (Fsp3) is 0.923. The lowest BCUT2D eigenvalue weighted by molar-refractivity contribution is -0.147. The summed E-state index contributed by atoms with van der Waals surface area (Å²) in [7, 11) is 0. The molecule has 1 saturated heterocycles. The number of ether oxygens (including phenoxy) is 1. The van der Waals surface area contributed by atoms with Crippen molar-refractivity contribution in [1.29, 1.82) is 0 Å². The van der Waals surface area contributed by atoms with Gasteiger partial charge in [-0.2, -0.15) is 0 Å². The molecule has 1 atom stereocenters. The highest BCUT2D eigenvalue weighted by molar-refractivity contribution is 5.66. The summed E-state index contributed by atoms with van der Waals surface area (Å²) < 4.78 is 5.21. The van der Waals surface area contributed by atoms with Crippen LogP contribution in [0.3, 0.4) is 0 Å². The van der Waals surface area contributed by atoms with E-state index in [0.717, 1.165) is 6.42 Å². The average molecular weight is 227 g/mol. The summed E-state index contributed by atoms with van der Waals surface area (Å²) >= 11 is 0. The molecule has 0 spiro atoms. The highest BCUT2D eigenvalue weighted by atomic mass is 16.5. The second kappa shape index (κ2) is 5.67. The molecule has 94 valence electrons. The zero-order chi connectivity index (χ0) is 12.2. The van der Waals surface area contributed by atoms with Crippen LogP contribution in [0.15, 0.2) is 0 Å². The van der Waals surface area contributed by atoms with Gasteiger partial charge in [-0.25, -0.2) is 0 Å². The quantitative estimate of drug-likeness (QED) is 0.691. The van der Waals surface area contributed by atoms with Gasteiger partial charge >= 0.3 is 5.97 Å². The van der Waals surface area contributed by atoms with Gasteiger partial charge in [0.1, 0.15) is 6.10 Å². The Morgan fingerprint density at radius 2 is 1.88 bits per heavy atom. The standard InChI is InChI=1S/C13H25NO2/c1-11(16-12(2)15)10-13(3,4)14-8-6-5-7-9-14/h11H,5-10H2,1-4H3/t11-/m0/s1. The van der Waals surface area contributed by atoms with Gasteiger partial charge in [-0.05, 0) is 46.7 Å². The molecule has 16 heavy (non-hydrogen) atoms. The largest absolute Gasteiger partial charge is 0.463 e. The van der Waals surface area contributed by atoms with Crippen LogP contribution in [-0.2, 0) is 9.53 Å². The molecule has 0 unspecified atom stereocenters. The van der Waals surface area contributed by atoms with Crippen LogP contribution in [-0.4, -0.2) is 35.6 Å². The fourth-order valence-corrected chi connectivity index (χ4v) is 2.66. The third-order valence-corrected chi connectivity index (χ3v) is 3.37. The third kappa shape index (κ3) is 4.12. The number of hydrogen-bond donors (Lipinski definition) is 0. The summed E-state index contributed by atoms with van der Waals surface area (Å²) in [5.74, 6) is -0.179. The van der Waals surface area contributed by atoms with Crippen LogP contribution in [0, 0.1) is 0 Å². The third-order valence-electron chi connectivity index (χ3n) is 3.37. The van der Waals surface area contributed by atoms with Crippen LogP contribution in [0.4, 0.5) is 0 Å². The first kappa shape index (κ1) is 13.5. The fourth-order valence-electron chi connectivity index (χ4n) is 2.66. The highest BCUT2D eigenvalue weighted by Crippen LogP contribution is 2.25. The zero-order valence-electron chi connectivity index (χ0n) is 11.1. The van der Waals surface area contributed by atoms with E-state index >= 15 is 0 Å². The molecule has 0 radical (unpaired) electrons. The number of hydrogen-bond acceptors (Lipinski definition) is 3. The van der Waals surface area contributed by atoms with Gasteiger partial charge in [-0.3, -0.25) is 9.69 Å². The van der Waals surface area contributed by atoms with Crippen LogP contribution in [0.5, 0.6) is 0 Å². The molecule has 0 aromatic rings. The average Bonchev–Trinajstić information content (AvgIpc) is 2.16. The number of esters is 1. The lowest BCUT2D eigenvalue weighted by atomic mass is 9.92. The number of nitrogens with zero attached hydrogens (tertiary/aromatic N) is 1. The van der Waals surface area contributed by atoms with Crippen molar-refractivity contribution < 1.29 is 9.53 Å². The Balaban J connectivity index is 2.45. The smallest absolute Gasteiger partial charge is 0.302 e. The first-order chi connectivity index (χ1) is 7.42. The second-order valence-electron chi connectivity index (χ2n) is 5.48. The first-order valence-corrected chi connectivity index (χ1v) is 6.34. The minimum atomic E-state index is -0.179. The zero-order valence-corrected chi connectivity index (χ0v) is 11.1. The Kier molecular flexibility index (Phi) is 4.78. The highest BCUT2D eigenvalue weighted by Gasteiger charge is 2.30. The summed E-state index contributed by atoms with van der Waals surface area (Å²) in [5, 5.41) is 0. The predicted octanol–water partition coefficient (Wildman–Crippen LogP) is 2.59. The summed E-state index contributed by atoms with van der Waals surface area (Å²) in [5.41, 5.74) is 0.134.